The van der Waals surface area contributed by atoms with Crippen molar-refractivity contribution in [3.63, 3.8) is 0 Å². The van der Waals surface area contributed by atoms with Crippen molar-refractivity contribution >= 4 is 12.7 Å². The predicted molar refractivity (Wildman–Crippen MR) is 81.4 cm³/mol. The Balaban J connectivity index is 1.94. The van der Waals surface area contributed by atoms with Crippen molar-refractivity contribution in [2.75, 3.05) is 7.11 Å². The second-order valence-electron chi connectivity index (χ2n) is 7.19. The predicted octanol–water partition coefficient (Wildman–Crippen LogP) is 1.82. The molecule has 0 amide bonds. The molecule has 1 aliphatic heterocycles. The molecule has 2 heterocycles. The topological polar surface area (TPSA) is 45.5 Å². The molecule has 1 atom stereocenters. The molecule has 5 nitrogen and oxygen atoms in total. The molecule has 0 radical (unpaired) electrons. The van der Waals surface area contributed by atoms with Gasteiger partial charge in [-0.05, 0) is 46.5 Å². The third-order valence-electron chi connectivity index (χ3n) is 5.10. The molecular formula is C15H25BN2O3. The van der Waals surface area contributed by atoms with Gasteiger partial charge in [-0.2, -0.15) is 5.10 Å². The molecule has 116 valence electrons. The Morgan fingerprint density at radius 1 is 1.29 bits per heavy atom. The molecule has 1 aromatic rings. The number of rotatable bonds is 4. The van der Waals surface area contributed by atoms with Crippen molar-refractivity contribution in [3.8, 4) is 0 Å². The van der Waals surface area contributed by atoms with Gasteiger partial charge in [0.25, 0.3) is 0 Å². The molecule has 1 saturated heterocycles. The van der Waals surface area contributed by atoms with Crippen LogP contribution in [0.25, 0.3) is 0 Å². The highest BCUT2D eigenvalue weighted by atomic mass is 16.7. The van der Waals surface area contributed by atoms with E-state index in [1.807, 2.05) is 17.9 Å². The smallest absolute Gasteiger partial charge is 0.398 e. The summed E-state index contributed by atoms with van der Waals surface area (Å²) < 4.78 is 19.9. The summed E-state index contributed by atoms with van der Waals surface area (Å²) >= 11 is 0. The molecule has 2 fully saturated rings. The van der Waals surface area contributed by atoms with Gasteiger partial charge in [-0.3, -0.25) is 4.68 Å². The fourth-order valence-corrected chi connectivity index (χ4v) is 2.90. The molecule has 6 heteroatoms. The molecular weight excluding hydrogens is 267 g/mol. The van der Waals surface area contributed by atoms with Crippen molar-refractivity contribution in [1.82, 2.24) is 9.78 Å². The van der Waals surface area contributed by atoms with E-state index in [2.05, 4.69) is 32.8 Å². The highest BCUT2D eigenvalue weighted by Gasteiger charge is 2.54. The van der Waals surface area contributed by atoms with Crippen LogP contribution in [0.3, 0.4) is 0 Å². The number of aromatic nitrogens is 2. The standard InChI is InChI=1S/C15H25BN2O3/c1-14(2)15(3,4)21-16(20-14)13-11(9-17-18(13)5)12(19-6)10-7-8-10/h9-10,12H,7-8H2,1-6H3. The van der Waals surface area contributed by atoms with Crippen LogP contribution in [0.5, 0.6) is 0 Å². The minimum Gasteiger partial charge on any atom is -0.398 e. The zero-order valence-electron chi connectivity index (χ0n) is 13.8. The summed E-state index contributed by atoms with van der Waals surface area (Å²) in [6.07, 6.45) is 4.42. The number of methoxy groups -OCH3 is 1. The van der Waals surface area contributed by atoms with E-state index in [1.54, 1.807) is 7.11 Å². The molecule has 1 unspecified atom stereocenters. The van der Waals surface area contributed by atoms with Crippen LogP contribution >= 0.6 is 0 Å². The van der Waals surface area contributed by atoms with Gasteiger partial charge in [0, 0.05) is 19.7 Å². The SMILES string of the molecule is COC(c1cnn(C)c1B1OC(C)(C)C(C)(C)O1)C1CC1. The fraction of sp³-hybridized carbons (Fsp3) is 0.800. The van der Waals surface area contributed by atoms with Crippen molar-refractivity contribution in [2.45, 2.75) is 57.8 Å². The monoisotopic (exact) mass is 292 g/mol. The largest absolute Gasteiger partial charge is 0.514 e. The van der Waals surface area contributed by atoms with Gasteiger partial charge in [-0.25, -0.2) is 0 Å². The average molecular weight is 292 g/mol. The van der Waals surface area contributed by atoms with Crippen LogP contribution < -0.4 is 5.59 Å². The third-order valence-corrected chi connectivity index (χ3v) is 5.10. The van der Waals surface area contributed by atoms with Crippen LogP contribution in [0.4, 0.5) is 0 Å². The van der Waals surface area contributed by atoms with Gasteiger partial charge >= 0.3 is 7.12 Å². The van der Waals surface area contributed by atoms with E-state index in [0.717, 1.165) is 11.2 Å². The molecule has 1 saturated carbocycles. The van der Waals surface area contributed by atoms with Gasteiger partial charge in [0.1, 0.15) is 0 Å². The summed E-state index contributed by atoms with van der Waals surface area (Å²) in [5.41, 5.74) is 1.39. The van der Waals surface area contributed by atoms with Gasteiger partial charge in [0.15, 0.2) is 0 Å². The zero-order valence-corrected chi connectivity index (χ0v) is 13.8. The van der Waals surface area contributed by atoms with Crippen LogP contribution in [0, 0.1) is 5.92 Å². The van der Waals surface area contributed by atoms with Gasteiger partial charge in [-0.15, -0.1) is 0 Å². The maximum absolute atomic E-state index is 6.19. The molecule has 0 aromatic carbocycles. The first-order valence-corrected chi connectivity index (χ1v) is 7.67. The Bertz CT molecular complexity index is 521. The summed E-state index contributed by atoms with van der Waals surface area (Å²) in [7, 11) is 3.31. The first-order valence-electron chi connectivity index (χ1n) is 7.67. The molecule has 1 aromatic heterocycles. The van der Waals surface area contributed by atoms with E-state index >= 15 is 0 Å². The van der Waals surface area contributed by atoms with Gasteiger partial charge in [-0.1, -0.05) is 0 Å². The maximum atomic E-state index is 6.19. The average Bonchev–Trinajstić information content (AvgIpc) is 3.08. The van der Waals surface area contributed by atoms with Gasteiger partial charge in [0.05, 0.1) is 29.1 Å². The van der Waals surface area contributed by atoms with E-state index < -0.39 is 7.12 Å². The zero-order chi connectivity index (χ0) is 15.4. The maximum Gasteiger partial charge on any atom is 0.514 e. The molecule has 3 rings (SSSR count). The molecule has 1 aliphatic carbocycles. The van der Waals surface area contributed by atoms with Crippen LogP contribution in [0.15, 0.2) is 6.20 Å². The van der Waals surface area contributed by atoms with Crippen molar-refractivity contribution < 1.29 is 14.0 Å². The second kappa shape index (κ2) is 4.83. The lowest BCUT2D eigenvalue weighted by Gasteiger charge is -2.32. The lowest BCUT2D eigenvalue weighted by atomic mass is 9.79. The van der Waals surface area contributed by atoms with E-state index in [0.29, 0.717) is 5.92 Å². The number of hydrogen-bond acceptors (Lipinski definition) is 4. The van der Waals surface area contributed by atoms with Crippen LogP contribution in [0.2, 0.25) is 0 Å². The Hall–Kier alpha value is -0.845. The summed E-state index contributed by atoms with van der Waals surface area (Å²) in [6.45, 7) is 8.27. The molecule has 2 aliphatic rings. The molecule has 21 heavy (non-hydrogen) atoms. The Kier molecular flexibility index (Phi) is 3.47. The van der Waals surface area contributed by atoms with E-state index in [-0.39, 0.29) is 17.3 Å². The lowest BCUT2D eigenvalue weighted by molar-refractivity contribution is 0.00578. The number of ether oxygens (including phenoxy) is 1. The van der Waals surface area contributed by atoms with Crippen molar-refractivity contribution in [2.24, 2.45) is 13.0 Å². The molecule has 0 N–H and O–H groups in total. The van der Waals surface area contributed by atoms with Gasteiger partial charge < -0.3 is 14.0 Å². The highest BCUT2D eigenvalue weighted by Crippen LogP contribution is 2.43. The summed E-state index contributed by atoms with van der Waals surface area (Å²) in [5.74, 6) is 0.598. The van der Waals surface area contributed by atoms with Crippen molar-refractivity contribution in [3.05, 3.63) is 11.8 Å². The third kappa shape index (κ3) is 2.43. The first-order chi connectivity index (χ1) is 9.77. The lowest BCUT2D eigenvalue weighted by Crippen LogP contribution is -2.41. The fourth-order valence-electron chi connectivity index (χ4n) is 2.90. The number of nitrogens with zero attached hydrogens (tertiary/aromatic N) is 2. The summed E-state index contributed by atoms with van der Waals surface area (Å²) in [5, 5.41) is 4.41. The first kappa shape index (κ1) is 15.1. The Morgan fingerprint density at radius 2 is 1.86 bits per heavy atom. The summed E-state index contributed by atoms with van der Waals surface area (Å²) in [6, 6.07) is 0. The normalized spacial score (nSPS) is 25.3. The minimum atomic E-state index is -0.395. The van der Waals surface area contributed by atoms with Crippen molar-refractivity contribution in [1.29, 1.82) is 0 Å². The van der Waals surface area contributed by atoms with E-state index in [9.17, 15) is 0 Å². The molecule has 0 spiro atoms. The quantitative estimate of drug-likeness (QED) is 0.794. The van der Waals surface area contributed by atoms with Gasteiger partial charge in [0.2, 0.25) is 0 Å². The van der Waals surface area contributed by atoms with Crippen LogP contribution in [-0.4, -0.2) is 35.2 Å². The number of aryl methyl sites for hydroxylation is 1. The van der Waals surface area contributed by atoms with E-state index in [4.69, 9.17) is 14.0 Å². The highest BCUT2D eigenvalue weighted by molar-refractivity contribution is 6.61. The van der Waals surface area contributed by atoms with E-state index in [1.165, 1.54) is 12.8 Å². The summed E-state index contributed by atoms with van der Waals surface area (Å²) in [4.78, 5) is 0. The number of hydrogen-bond donors (Lipinski definition) is 0. The van der Waals surface area contributed by atoms with Crippen LogP contribution in [-0.2, 0) is 21.1 Å². The Morgan fingerprint density at radius 3 is 2.33 bits per heavy atom. The Labute approximate surface area is 127 Å². The second-order valence-corrected chi connectivity index (χ2v) is 7.19. The molecule has 0 bridgehead atoms. The van der Waals surface area contributed by atoms with Crippen LogP contribution in [0.1, 0.15) is 52.2 Å². The minimum absolute atomic E-state index is 0.0905.